The molecule has 0 fully saturated rings. The molecule has 0 radical (unpaired) electrons. The van der Waals surface area contributed by atoms with Crippen molar-refractivity contribution in [2.75, 3.05) is 12.0 Å². The molecule has 5 rings (SSSR count). The Hall–Kier alpha value is -3.52. The van der Waals surface area contributed by atoms with E-state index in [0.29, 0.717) is 27.4 Å². The highest BCUT2D eigenvalue weighted by Gasteiger charge is 2.45. The van der Waals surface area contributed by atoms with Crippen molar-refractivity contribution in [1.29, 1.82) is 0 Å². The molecule has 1 amide bonds. The van der Waals surface area contributed by atoms with Crippen LogP contribution >= 0.6 is 11.3 Å². The van der Waals surface area contributed by atoms with Gasteiger partial charge in [0.05, 0.1) is 24.1 Å². The van der Waals surface area contributed by atoms with Crippen LogP contribution in [0.4, 0.5) is 5.13 Å². The average molecular weight is 419 g/mol. The Kier molecular flexibility index (Phi) is 4.18. The highest BCUT2D eigenvalue weighted by atomic mass is 32.1. The van der Waals surface area contributed by atoms with E-state index in [-0.39, 0.29) is 11.2 Å². The summed E-state index contributed by atoms with van der Waals surface area (Å²) < 4.78 is 11.2. The summed E-state index contributed by atoms with van der Waals surface area (Å²) in [6.45, 7) is 3.73. The van der Waals surface area contributed by atoms with Gasteiger partial charge in [-0.25, -0.2) is 0 Å². The predicted octanol–water partition coefficient (Wildman–Crippen LogP) is 4.02. The molecule has 2 aromatic carbocycles. The number of ether oxygens (including phenoxy) is 1. The van der Waals surface area contributed by atoms with E-state index < -0.39 is 11.9 Å². The normalized spacial score (nSPS) is 15.6. The number of hydrogen-bond acceptors (Lipinski definition) is 7. The lowest BCUT2D eigenvalue weighted by molar-refractivity contribution is 0.0970. The molecule has 150 valence electrons. The van der Waals surface area contributed by atoms with Crippen molar-refractivity contribution in [3.8, 4) is 5.75 Å². The van der Waals surface area contributed by atoms with Crippen LogP contribution in [0.25, 0.3) is 11.0 Å². The summed E-state index contributed by atoms with van der Waals surface area (Å²) >= 11 is 1.29. The zero-order valence-electron chi connectivity index (χ0n) is 16.5. The number of aromatic nitrogens is 2. The van der Waals surface area contributed by atoms with Gasteiger partial charge in [-0.1, -0.05) is 35.1 Å². The van der Waals surface area contributed by atoms with Crippen LogP contribution in [0.15, 0.2) is 51.7 Å². The maximum absolute atomic E-state index is 13.5. The first kappa shape index (κ1) is 18.5. The Morgan fingerprint density at radius 2 is 1.83 bits per heavy atom. The van der Waals surface area contributed by atoms with Crippen molar-refractivity contribution in [1.82, 2.24) is 10.2 Å². The number of aryl methyl sites for hydroxylation is 2. The summed E-state index contributed by atoms with van der Waals surface area (Å²) in [6, 6.07) is 12.0. The number of carbonyl (C=O) groups is 1. The predicted molar refractivity (Wildman–Crippen MR) is 114 cm³/mol. The van der Waals surface area contributed by atoms with Gasteiger partial charge in [0.25, 0.3) is 5.91 Å². The quantitative estimate of drug-likeness (QED) is 0.499. The molecule has 0 saturated heterocycles. The fraction of sp³-hybridized carbons (Fsp3) is 0.182. The van der Waals surface area contributed by atoms with E-state index in [1.165, 1.54) is 16.2 Å². The molecule has 0 saturated carbocycles. The fourth-order valence-electron chi connectivity index (χ4n) is 3.77. The number of amides is 1. The van der Waals surface area contributed by atoms with Gasteiger partial charge in [0.1, 0.15) is 16.3 Å². The molecule has 4 aromatic rings. The molecule has 0 unspecified atom stereocenters. The van der Waals surface area contributed by atoms with E-state index in [2.05, 4.69) is 10.2 Å². The largest absolute Gasteiger partial charge is 0.497 e. The van der Waals surface area contributed by atoms with Crippen molar-refractivity contribution in [2.24, 2.45) is 0 Å². The maximum Gasteiger partial charge on any atom is 0.297 e. The zero-order valence-corrected chi connectivity index (χ0v) is 17.3. The van der Waals surface area contributed by atoms with Gasteiger partial charge in [0.15, 0.2) is 5.43 Å². The average Bonchev–Trinajstić information content (AvgIpc) is 3.30. The molecule has 0 aliphatic carbocycles. The molecular weight excluding hydrogens is 402 g/mol. The molecule has 3 heterocycles. The van der Waals surface area contributed by atoms with Gasteiger partial charge in [-0.15, -0.1) is 10.2 Å². The highest BCUT2D eigenvalue weighted by Crippen LogP contribution is 2.42. The third-order valence-electron chi connectivity index (χ3n) is 5.18. The number of nitrogens with zero attached hydrogens (tertiary/aromatic N) is 3. The van der Waals surface area contributed by atoms with Gasteiger partial charge < -0.3 is 9.15 Å². The van der Waals surface area contributed by atoms with Gasteiger partial charge >= 0.3 is 0 Å². The van der Waals surface area contributed by atoms with Crippen LogP contribution in [0.5, 0.6) is 5.75 Å². The molecular formula is C22H17N3O4S. The number of hydrogen-bond donors (Lipinski definition) is 0. The maximum atomic E-state index is 13.5. The lowest BCUT2D eigenvalue weighted by atomic mass is 9.98. The number of fused-ring (bicyclic) bond motifs is 2. The number of benzene rings is 2. The molecule has 0 bridgehead atoms. The smallest absolute Gasteiger partial charge is 0.297 e. The van der Waals surface area contributed by atoms with Crippen molar-refractivity contribution < 1.29 is 13.9 Å². The Morgan fingerprint density at radius 1 is 1.07 bits per heavy atom. The number of methoxy groups -OCH3 is 1. The third kappa shape index (κ3) is 2.72. The number of anilines is 1. The summed E-state index contributed by atoms with van der Waals surface area (Å²) in [5, 5.41) is 9.81. The monoisotopic (exact) mass is 419 g/mol. The first-order valence-corrected chi connectivity index (χ1v) is 10.1. The summed E-state index contributed by atoms with van der Waals surface area (Å²) in [5.74, 6) is 0.328. The Morgan fingerprint density at radius 3 is 2.50 bits per heavy atom. The molecule has 1 aliphatic heterocycles. The Labute approximate surface area is 175 Å². The van der Waals surface area contributed by atoms with E-state index >= 15 is 0 Å². The third-order valence-corrected chi connectivity index (χ3v) is 6.02. The van der Waals surface area contributed by atoms with Crippen LogP contribution in [-0.2, 0) is 0 Å². The fourth-order valence-corrected chi connectivity index (χ4v) is 4.48. The van der Waals surface area contributed by atoms with Crippen molar-refractivity contribution in [3.05, 3.63) is 80.1 Å². The summed E-state index contributed by atoms with van der Waals surface area (Å²) in [6.07, 6.45) is 0. The van der Waals surface area contributed by atoms with Crippen LogP contribution in [-0.4, -0.2) is 23.2 Å². The molecule has 1 aliphatic rings. The van der Waals surface area contributed by atoms with E-state index in [9.17, 15) is 9.59 Å². The van der Waals surface area contributed by atoms with E-state index in [4.69, 9.17) is 9.15 Å². The second kappa shape index (κ2) is 6.77. The van der Waals surface area contributed by atoms with Gasteiger partial charge in [-0.3, -0.25) is 14.5 Å². The van der Waals surface area contributed by atoms with Crippen molar-refractivity contribution in [2.45, 2.75) is 19.9 Å². The van der Waals surface area contributed by atoms with Crippen LogP contribution in [0.1, 0.15) is 38.3 Å². The number of rotatable bonds is 3. The summed E-state index contributed by atoms with van der Waals surface area (Å²) in [4.78, 5) is 28.4. The summed E-state index contributed by atoms with van der Waals surface area (Å²) in [7, 11) is 1.59. The van der Waals surface area contributed by atoms with Crippen LogP contribution in [0, 0.1) is 13.8 Å². The molecule has 2 aromatic heterocycles. The first-order chi connectivity index (χ1) is 14.5. The molecule has 1 atom stereocenters. The van der Waals surface area contributed by atoms with Crippen LogP contribution < -0.4 is 15.1 Å². The summed E-state index contributed by atoms with van der Waals surface area (Å²) in [5.41, 5.74) is 2.19. The van der Waals surface area contributed by atoms with Crippen molar-refractivity contribution >= 4 is 33.3 Å². The van der Waals surface area contributed by atoms with Gasteiger partial charge in [-0.2, -0.15) is 0 Å². The van der Waals surface area contributed by atoms with E-state index in [1.54, 1.807) is 31.4 Å². The van der Waals surface area contributed by atoms with Gasteiger partial charge in [-0.05, 0) is 43.7 Å². The SMILES string of the molecule is COc1ccc([C@@H]2c3c(oc4ccc(C)cc4c3=O)C(=O)N2c2nnc(C)s2)cc1. The number of carbonyl (C=O) groups excluding carboxylic acids is 1. The molecule has 0 spiro atoms. The van der Waals surface area contributed by atoms with Crippen molar-refractivity contribution in [3.63, 3.8) is 0 Å². The highest BCUT2D eigenvalue weighted by molar-refractivity contribution is 7.15. The van der Waals surface area contributed by atoms with Gasteiger partial charge in [0.2, 0.25) is 10.9 Å². The molecule has 8 heteroatoms. The van der Waals surface area contributed by atoms with Gasteiger partial charge in [0, 0.05) is 0 Å². The zero-order chi connectivity index (χ0) is 21.0. The Bertz CT molecular complexity index is 1360. The van der Waals surface area contributed by atoms with E-state index in [0.717, 1.165) is 16.1 Å². The molecule has 30 heavy (non-hydrogen) atoms. The minimum absolute atomic E-state index is 0.0463. The minimum Gasteiger partial charge on any atom is -0.497 e. The van der Waals surface area contributed by atoms with Crippen LogP contribution in [0.2, 0.25) is 0 Å². The lowest BCUT2D eigenvalue weighted by Gasteiger charge is -2.22. The molecule has 7 nitrogen and oxygen atoms in total. The lowest BCUT2D eigenvalue weighted by Crippen LogP contribution is -2.29. The van der Waals surface area contributed by atoms with E-state index in [1.807, 2.05) is 32.0 Å². The Balaban J connectivity index is 1.80. The second-order valence-electron chi connectivity index (χ2n) is 7.13. The second-order valence-corrected chi connectivity index (χ2v) is 8.29. The standard InChI is InChI=1S/C22H17N3O4S/c1-11-4-9-16-15(10-11)19(26)17-18(13-5-7-14(28-3)8-6-13)25(21(27)20(17)29-16)22-24-23-12(2)30-22/h4-10,18H,1-3H3/t18-/m1/s1. The minimum atomic E-state index is -0.660. The first-order valence-electron chi connectivity index (χ1n) is 9.33. The topological polar surface area (TPSA) is 85.5 Å². The molecule has 0 N–H and O–H groups in total. The van der Waals surface area contributed by atoms with Crippen LogP contribution in [0.3, 0.4) is 0 Å².